The van der Waals surface area contributed by atoms with Gasteiger partial charge in [-0.1, -0.05) is 37.5 Å². The highest BCUT2D eigenvalue weighted by atomic mass is 32.2. The predicted octanol–water partition coefficient (Wildman–Crippen LogP) is 3.56. The van der Waals surface area contributed by atoms with Gasteiger partial charge in [0.05, 0.1) is 10.1 Å². The molecule has 3 aliphatic rings. The number of carbonyl (C=O) groups is 1. The maximum atomic E-state index is 12.8. The van der Waals surface area contributed by atoms with Gasteiger partial charge in [-0.05, 0) is 93.5 Å². The van der Waals surface area contributed by atoms with Gasteiger partial charge >= 0.3 is 16.9 Å². The lowest BCUT2D eigenvalue weighted by atomic mass is 9.69. The number of piperidine rings is 3. The molecule has 12 heteroatoms. The van der Waals surface area contributed by atoms with E-state index in [9.17, 15) is 18.4 Å². The molecule has 0 saturated carbocycles. The number of aromatic nitrogens is 2. The molecule has 4 atom stereocenters. The molecule has 43 heavy (non-hydrogen) atoms. The molecule has 0 amide bonds. The van der Waals surface area contributed by atoms with Crippen LogP contribution in [0, 0.1) is 29.1 Å². The van der Waals surface area contributed by atoms with E-state index in [1.54, 1.807) is 6.07 Å². The van der Waals surface area contributed by atoms with Gasteiger partial charge in [0.2, 0.25) is 0 Å². The number of hydrogen-bond acceptors (Lipinski definition) is 10. The Balaban J connectivity index is 1.07. The number of hydrogen-bond donors (Lipinski definition) is 0. The van der Waals surface area contributed by atoms with Crippen LogP contribution in [-0.2, 0) is 19.4 Å². The summed E-state index contributed by atoms with van der Waals surface area (Å²) in [5.41, 5.74) is 0. The molecule has 5 rings (SSSR count). The quantitative estimate of drug-likeness (QED) is 0.151. The van der Waals surface area contributed by atoms with Gasteiger partial charge in [-0.25, -0.2) is 8.42 Å². The fourth-order valence-corrected chi connectivity index (χ4v) is 8.47. The Morgan fingerprint density at radius 3 is 2.77 bits per heavy atom. The number of nitrogens with zero attached hydrogens (tertiary/aromatic N) is 4. The molecule has 0 N–H and O–H groups in total. The van der Waals surface area contributed by atoms with Gasteiger partial charge in [-0.3, -0.25) is 19.2 Å². The number of ether oxygens (including phenoxy) is 2. The van der Waals surface area contributed by atoms with Crippen molar-refractivity contribution in [2.45, 2.75) is 93.1 Å². The Morgan fingerprint density at radius 1 is 1.19 bits per heavy atom. The third-order valence-electron chi connectivity index (χ3n) is 9.02. The summed E-state index contributed by atoms with van der Waals surface area (Å²) in [4.78, 5) is 17.6. The van der Waals surface area contributed by atoms with Crippen molar-refractivity contribution in [2.75, 3.05) is 32.8 Å². The Labute approximate surface area is 253 Å². The zero-order chi connectivity index (χ0) is 30.2. The van der Waals surface area contributed by atoms with Gasteiger partial charge < -0.3 is 14.7 Å². The van der Waals surface area contributed by atoms with Gasteiger partial charge in [-0.2, -0.15) is 0 Å². The van der Waals surface area contributed by atoms with Crippen LogP contribution in [0.5, 0.6) is 5.88 Å². The molecule has 0 bridgehead atoms. The molecule has 11 nitrogen and oxygen atoms in total. The first-order valence-corrected chi connectivity index (χ1v) is 17.1. The summed E-state index contributed by atoms with van der Waals surface area (Å²) < 4.78 is 40.5. The zero-order valence-electron chi connectivity index (χ0n) is 24.9. The van der Waals surface area contributed by atoms with E-state index in [1.165, 1.54) is 82.4 Å². The normalized spacial score (nSPS) is 24.0. The van der Waals surface area contributed by atoms with Crippen LogP contribution in [-0.4, -0.2) is 74.2 Å². The second-order valence-corrected chi connectivity index (χ2v) is 13.6. The van der Waals surface area contributed by atoms with Crippen LogP contribution in [0.25, 0.3) is 0 Å². The van der Waals surface area contributed by atoms with Crippen molar-refractivity contribution < 1.29 is 32.2 Å². The molecule has 3 aliphatic heterocycles. The summed E-state index contributed by atoms with van der Waals surface area (Å²) >= 11 is 0. The third kappa shape index (κ3) is 7.33. The van der Waals surface area contributed by atoms with Crippen molar-refractivity contribution in [1.29, 1.82) is 0 Å². The highest BCUT2D eigenvalue weighted by molar-refractivity contribution is 7.91. The van der Waals surface area contributed by atoms with Crippen LogP contribution in [0.4, 0.5) is 0 Å². The molecule has 3 saturated heterocycles. The van der Waals surface area contributed by atoms with Crippen molar-refractivity contribution in [3.05, 3.63) is 35.5 Å². The average Bonchev–Trinajstić information content (AvgIpc) is 3.40. The molecule has 1 aromatic carbocycles. The molecule has 4 unspecified atom stereocenters. The molecule has 3 fully saturated rings. The minimum absolute atomic E-state index is 0.0815. The van der Waals surface area contributed by atoms with Crippen LogP contribution in [0.3, 0.4) is 0 Å². The highest BCUT2D eigenvalue weighted by Gasteiger charge is 2.48. The van der Waals surface area contributed by atoms with Crippen LogP contribution in [0.15, 0.2) is 44.9 Å². The number of rotatable bonds is 12. The highest BCUT2D eigenvalue weighted by Crippen LogP contribution is 2.43. The Morgan fingerprint density at radius 2 is 1.98 bits per heavy atom. The van der Waals surface area contributed by atoms with Crippen molar-refractivity contribution in [1.82, 2.24) is 15.0 Å². The fourth-order valence-electron chi connectivity index (χ4n) is 7.19. The first-order chi connectivity index (χ1) is 20.9. The van der Waals surface area contributed by atoms with Gasteiger partial charge in [0.25, 0.3) is 9.84 Å². The number of unbranched alkanes of at least 4 members (excludes halogenated alkanes) is 1. The van der Waals surface area contributed by atoms with Gasteiger partial charge in [0.1, 0.15) is 12.7 Å². The number of likely N-dealkylation sites (tertiary alicyclic amines) is 1. The monoisotopic (exact) mass is 614 g/mol. The molecular formula is C31H42N4O7S. The van der Waals surface area contributed by atoms with E-state index in [-0.39, 0.29) is 28.8 Å². The molecule has 4 heterocycles. The standard InChI is InChI=1S/C31H42N4O7S/c1-2-3-18-34-23-24-12-10-19-33-20-11-15-26(29(24)33)27(34)16-9-17-28(36)40-21-7-8-22-41-30-31(35(37)42-32-30)43(38,39)25-13-5-4-6-14-25/h4-6,13-14,24,26-27,29H,2-3,7,9-12,15-21,23H2,1H3. The topological polar surface area (TPSA) is 129 Å². The van der Waals surface area contributed by atoms with E-state index in [4.69, 9.17) is 9.47 Å². The molecule has 0 aliphatic carbocycles. The molecule has 2 aromatic rings. The van der Waals surface area contributed by atoms with Gasteiger partial charge in [0, 0.05) is 31.5 Å². The molecule has 0 radical (unpaired) electrons. The Kier molecular flexibility index (Phi) is 10.6. The number of carbonyl (C=O) groups excluding carboxylic acids is 1. The summed E-state index contributed by atoms with van der Waals surface area (Å²) in [6.45, 7) is 7.15. The second kappa shape index (κ2) is 14.6. The fraction of sp³-hybridized carbons (Fsp3) is 0.645. The van der Waals surface area contributed by atoms with Gasteiger partial charge in [-0.15, -0.1) is 0 Å². The van der Waals surface area contributed by atoms with E-state index >= 15 is 0 Å². The smallest absolute Gasteiger partial charge is 0.428 e. The van der Waals surface area contributed by atoms with Crippen molar-refractivity contribution >= 4 is 15.8 Å². The van der Waals surface area contributed by atoms with Crippen LogP contribution < -0.4 is 9.64 Å². The van der Waals surface area contributed by atoms with Crippen molar-refractivity contribution in [3.8, 4) is 17.9 Å². The summed E-state index contributed by atoms with van der Waals surface area (Å²) in [5, 5.41) is 14.5. The van der Waals surface area contributed by atoms with E-state index in [0.29, 0.717) is 24.4 Å². The Hall–Kier alpha value is -3.14. The SMILES string of the molecule is CCCCN1CC2CCCN3CCCC(C1CCCC(=O)OCCC#COc1no[n+]([O-])c1S(=O)(=O)c1ccccc1)C23. The van der Waals surface area contributed by atoms with Crippen LogP contribution >= 0.6 is 0 Å². The largest absolute Gasteiger partial charge is 0.465 e. The predicted molar refractivity (Wildman–Crippen MR) is 156 cm³/mol. The Bertz CT molecular complexity index is 1390. The van der Waals surface area contributed by atoms with Crippen molar-refractivity contribution in [2.24, 2.45) is 11.8 Å². The average molecular weight is 615 g/mol. The first kappa shape index (κ1) is 31.3. The minimum atomic E-state index is -4.23. The summed E-state index contributed by atoms with van der Waals surface area (Å²) in [6.07, 6.45) is 12.3. The lowest BCUT2D eigenvalue weighted by molar-refractivity contribution is -0.832. The van der Waals surface area contributed by atoms with E-state index < -0.39 is 20.7 Å². The lowest BCUT2D eigenvalue weighted by Crippen LogP contribution is -2.64. The maximum absolute atomic E-state index is 12.8. The van der Waals surface area contributed by atoms with Crippen molar-refractivity contribution in [3.63, 3.8) is 0 Å². The number of esters is 1. The van der Waals surface area contributed by atoms with E-state index in [0.717, 1.165) is 25.3 Å². The lowest BCUT2D eigenvalue weighted by Gasteiger charge is -2.57. The molecule has 234 valence electrons. The minimum Gasteiger partial charge on any atom is -0.465 e. The van der Waals surface area contributed by atoms with Crippen LogP contribution in [0.1, 0.15) is 71.1 Å². The molecule has 0 spiro atoms. The van der Waals surface area contributed by atoms with Gasteiger partial charge in [0.15, 0.2) is 0 Å². The zero-order valence-corrected chi connectivity index (χ0v) is 25.7. The number of sulfone groups is 1. The summed E-state index contributed by atoms with van der Waals surface area (Å²) in [6, 6.07) is 8.65. The number of benzene rings is 1. The molecular weight excluding hydrogens is 572 g/mol. The van der Waals surface area contributed by atoms with Crippen LogP contribution in [0.2, 0.25) is 0 Å². The van der Waals surface area contributed by atoms with E-state index in [1.807, 2.05) is 0 Å². The maximum Gasteiger partial charge on any atom is 0.428 e. The summed E-state index contributed by atoms with van der Waals surface area (Å²) in [5.74, 6) is 3.32. The van der Waals surface area contributed by atoms with E-state index in [2.05, 4.69) is 38.5 Å². The third-order valence-corrected chi connectivity index (χ3v) is 10.7. The summed E-state index contributed by atoms with van der Waals surface area (Å²) in [7, 11) is -4.23. The second-order valence-electron chi connectivity index (χ2n) is 11.8. The molecule has 1 aromatic heterocycles. The first-order valence-electron chi connectivity index (χ1n) is 15.6.